The second-order valence-corrected chi connectivity index (χ2v) is 8.93. The van der Waals surface area contributed by atoms with Crippen LogP contribution in [0.5, 0.6) is 5.88 Å². The molecule has 1 aromatic rings. The van der Waals surface area contributed by atoms with E-state index in [1.54, 1.807) is 6.07 Å². The number of rotatable bonds is 5. The fraction of sp³-hybridized carbons (Fsp3) is 0.737. The van der Waals surface area contributed by atoms with Crippen molar-refractivity contribution >= 4 is 5.91 Å². The molecule has 4 bridgehead atoms. The number of carbonyl (C=O) groups excluding carboxylic acids is 1. The van der Waals surface area contributed by atoms with Crippen LogP contribution in [0.15, 0.2) is 10.9 Å². The Labute approximate surface area is 146 Å². The molecule has 1 aromatic heterocycles. The number of nitrogens with one attached hydrogen (secondary N) is 1. The van der Waals surface area contributed by atoms with Crippen LogP contribution in [0.2, 0.25) is 0 Å². The average Bonchev–Trinajstić information content (AvgIpc) is 3.35. The molecule has 0 saturated heterocycles. The zero-order valence-electron chi connectivity index (χ0n) is 14.4. The topological polar surface area (TPSA) is 98.1 Å². The van der Waals surface area contributed by atoms with E-state index in [0.717, 1.165) is 37.8 Å². The first-order chi connectivity index (χ1) is 12.0. The van der Waals surface area contributed by atoms with E-state index in [9.17, 15) is 9.59 Å². The van der Waals surface area contributed by atoms with Gasteiger partial charge >= 0.3 is 5.69 Å². The number of aromatic nitrogens is 2. The SMILES string of the molecule is NC(=O)C(Oc1cc(C2CC2)[nH]c(=O)n1)C12CC3CC(CC(C3)C1)C2. The molecule has 5 aliphatic rings. The van der Waals surface area contributed by atoms with Crippen LogP contribution in [0.4, 0.5) is 0 Å². The lowest BCUT2D eigenvalue weighted by Crippen LogP contribution is -2.57. The van der Waals surface area contributed by atoms with Gasteiger partial charge in [0.25, 0.3) is 5.91 Å². The molecule has 0 spiro atoms. The second-order valence-electron chi connectivity index (χ2n) is 8.93. The van der Waals surface area contributed by atoms with Gasteiger partial charge < -0.3 is 15.5 Å². The lowest BCUT2D eigenvalue weighted by molar-refractivity contribution is -0.148. The maximum Gasteiger partial charge on any atom is 0.348 e. The van der Waals surface area contributed by atoms with Crippen molar-refractivity contribution in [1.82, 2.24) is 9.97 Å². The third-order valence-corrected chi connectivity index (χ3v) is 6.90. The van der Waals surface area contributed by atoms with Crippen LogP contribution in [0.3, 0.4) is 0 Å². The first kappa shape index (κ1) is 15.4. The Balaban J connectivity index is 1.46. The Morgan fingerprint density at radius 3 is 2.32 bits per heavy atom. The van der Waals surface area contributed by atoms with Crippen molar-refractivity contribution in [2.75, 3.05) is 0 Å². The maximum atomic E-state index is 12.3. The van der Waals surface area contributed by atoms with Gasteiger partial charge in [0, 0.05) is 17.2 Å². The molecular weight excluding hydrogens is 318 g/mol. The minimum Gasteiger partial charge on any atom is -0.463 e. The first-order valence-corrected chi connectivity index (χ1v) is 9.58. The van der Waals surface area contributed by atoms with Gasteiger partial charge in [0.05, 0.1) is 0 Å². The molecule has 1 unspecified atom stereocenters. The molecule has 6 nitrogen and oxygen atoms in total. The summed E-state index contributed by atoms with van der Waals surface area (Å²) in [7, 11) is 0. The predicted molar refractivity (Wildman–Crippen MR) is 91.0 cm³/mol. The highest BCUT2D eigenvalue weighted by atomic mass is 16.5. The van der Waals surface area contributed by atoms with Gasteiger partial charge in [0.1, 0.15) is 0 Å². The Morgan fingerprint density at radius 1 is 1.20 bits per heavy atom. The molecule has 0 aliphatic heterocycles. The van der Waals surface area contributed by atoms with E-state index < -0.39 is 17.7 Å². The van der Waals surface area contributed by atoms with Gasteiger partial charge in [0.15, 0.2) is 6.10 Å². The van der Waals surface area contributed by atoms with Crippen LogP contribution in [0.1, 0.15) is 63.0 Å². The van der Waals surface area contributed by atoms with E-state index >= 15 is 0 Å². The van der Waals surface area contributed by atoms with Crippen LogP contribution in [0.25, 0.3) is 0 Å². The van der Waals surface area contributed by atoms with Gasteiger partial charge in [-0.3, -0.25) is 4.79 Å². The number of amides is 1. The summed E-state index contributed by atoms with van der Waals surface area (Å²) in [6.07, 6.45) is 8.41. The van der Waals surface area contributed by atoms with E-state index in [2.05, 4.69) is 9.97 Å². The number of ether oxygens (including phenoxy) is 1. The van der Waals surface area contributed by atoms with Crippen molar-refractivity contribution in [3.05, 3.63) is 22.2 Å². The smallest absolute Gasteiger partial charge is 0.348 e. The quantitative estimate of drug-likeness (QED) is 0.855. The highest BCUT2D eigenvalue weighted by Crippen LogP contribution is 2.61. The molecule has 5 aliphatic carbocycles. The zero-order valence-corrected chi connectivity index (χ0v) is 14.4. The van der Waals surface area contributed by atoms with Gasteiger partial charge in [0.2, 0.25) is 5.88 Å². The molecule has 6 heteroatoms. The molecule has 0 radical (unpaired) electrons. The molecule has 134 valence electrons. The number of carbonyl (C=O) groups is 1. The summed E-state index contributed by atoms with van der Waals surface area (Å²) in [5, 5.41) is 0. The number of primary amides is 1. The maximum absolute atomic E-state index is 12.3. The molecule has 6 rings (SSSR count). The molecule has 5 fully saturated rings. The molecular formula is C19H25N3O3. The fourth-order valence-corrected chi connectivity index (χ4v) is 6.23. The van der Waals surface area contributed by atoms with Crippen LogP contribution >= 0.6 is 0 Å². The molecule has 1 heterocycles. The Hall–Kier alpha value is -1.85. The van der Waals surface area contributed by atoms with Crippen LogP contribution < -0.4 is 16.2 Å². The van der Waals surface area contributed by atoms with Gasteiger partial charge in [-0.2, -0.15) is 4.98 Å². The Kier molecular flexibility index (Phi) is 3.28. The van der Waals surface area contributed by atoms with E-state index in [0.29, 0.717) is 23.7 Å². The minimum atomic E-state index is -0.678. The van der Waals surface area contributed by atoms with Gasteiger partial charge in [-0.25, -0.2) is 4.79 Å². The molecule has 1 amide bonds. The second kappa shape index (κ2) is 5.32. The van der Waals surface area contributed by atoms with E-state index in [-0.39, 0.29) is 11.3 Å². The number of hydrogen-bond donors (Lipinski definition) is 2. The summed E-state index contributed by atoms with van der Waals surface area (Å²) in [5.41, 5.74) is 6.07. The van der Waals surface area contributed by atoms with E-state index in [1.165, 1.54) is 19.3 Å². The van der Waals surface area contributed by atoms with Crippen LogP contribution in [0, 0.1) is 23.2 Å². The molecule has 1 atom stereocenters. The summed E-state index contributed by atoms with van der Waals surface area (Å²) < 4.78 is 6.05. The van der Waals surface area contributed by atoms with Crippen molar-refractivity contribution < 1.29 is 9.53 Å². The van der Waals surface area contributed by atoms with Crippen LogP contribution in [-0.2, 0) is 4.79 Å². The number of nitrogens with zero attached hydrogens (tertiary/aromatic N) is 1. The zero-order chi connectivity index (χ0) is 17.2. The standard InChI is InChI=1S/C19H25N3O3/c20-17(23)16(19-7-10-3-11(8-19)5-12(4-10)9-19)25-15-6-14(13-1-2-13)21-18(24)22-15/h6,10-13,16H,1-5,7-9H2,(H2,20,23)(H,21,22,24). The summed E-state index contributed by atoms with van der Waals surface area (Å²) in [4.78, 5) is 30.9. The van der Waals surface area contributed by atoms with Gasteiger partial charge in [-0.15, -0.1) is 0 Å². The van der Waals surface area contributed by atoms with E-state index in [1.807, 2.05) is 0 Å². The average molecular weight is 343 g/mol. The fourth-order valence-electron chi connectivity index (χ4n) is 6.23. The van der Waals surface area contributed by atoms with Crippen molar-refractivity contribution in [2.24, 2.45) is 28.9 Å². The number of hydrogen-bond acceptors (Lipinski definition) is 4. The normalized spacial score (nSPS) is 37.0. The van der Waals surface area contributed by atoms with Crippen molar-refractivity contribution in [1.29, 1.82) is 0 Å². The summed E-state index contributed by atoms with van der Waals surface area (Å²) in [6, 6.07) is 1.79. The highest BCUT2D eigenvalue weighted by molar-refractivity contribution is 5.80. The number of H-pyrrole nitrogens is 1. The predicted octanol–water partition coefficient (Wildman–Crippen LogP) is 2.10. The third kappa shape index (κ3) is 2.66. The number of aromatic amines is 1. The van der Waals surface area contributed by atoms with Crippen molar-refractivity contribution in [3.8, 4) is 5.88 Å². The lowest BCUT2D eigenvalue weighted by Gasteiger charge is -2.58. The molecule has 3 N–H and O–H groups in total. The van der Waals surface area contributed by atoms with Crippen molar-refractivity contribution in [3.63, 3.8) is 0 Å². The van der Waals surface area contributed by atoms with Gasteiger partial charge in [-0.05, 0) is 75.0 Å². The van der Waals surface area contributed by atoms with E-state index in [4.69, 9.17) is 10.5 Å². The third-order valence-electron chi connectivity index (χ3n) is 6.90. The highest BCUT2D eigenvalue weighted by Gasteiger charge is 2.56. The minimum absolute atomic E-state index is 0.162. The lowest BCUT2D eigenvalue weighted by atomic mass is 9.48. The summed E-state index contributed by atoms with van der Waals surface area (Å²) in [6.45, 7) is 0. The largest absolute Gasteiger partial charge is 0.463 e. The monoisotopic (exact) mass is 343 g/mol. The summed E-state index contributed by atoms with van der Waals surface area (Å²) in [5.74, 6) is 2.33. The Morgan fingerprint density at radius 2 is 1.80 bits per heavy atom. The van der Waals surface area contributed by atoms with Crippen LogP contribution in [-0.4, -0.2) is 22.0 Å². The summed E-state index contributed by atoms with van der Waals surface area (Å²) >= 11 is 0. The van der Waals surface area contributed by atoms with Gasteiger partial charge in [-0.1, -0.05) is 0 Å². The first-order valence-electron chi connectivity index (χ1n) is 9.58. The Bertz CT molecular complexity index is 732. The van der Waals surface area contributed by atoms with Crippen molar-refractivity contribution in [2.45, 2.75) is 63.4 Å². The molecule has 0 aromatic carbocycles. The molecule has 5 saturated carbocycles. The number of nitrogens with two attached hydrogens (primary N) is 1. The molecule has 25 heavy (non-hydrogen) atoms.